The van der Waals surface area contributed by atoms with Gasteiger partial charge in [0.2, 0.25) is 0 Å². The molecular formula is C12H13N2O3P. The molecule has 1 atom stereocenters. The Bertz CT molecular complexity index is 678. The minimum absolute atomic E-state index is 0.561. The van der Waals surface area contributed by atoms with E-state index in [1.54, 1.807) is 10.7 Å². The second-order valence-electron chi connectivity index (χ2n) is 4.17. The molecule has 5 nitrogen and oxygen atoms in total. The van der Waals surface area contributed by atoms with Crippen molar-refractivity contribution in [2.24, 2.45) is 7.05 Å². The lowest BCUT2D eigenvalue weighted by molar-refractivity contribution is 0.332. The number of para-hydroxylation sites is 1. The van der Waals surface area contributed by atoms with E-state index < -0.39 is 7.60 Å². The van der Waals surface area contributed by atoms with Gasteiger partial charge in [0.15, 0.2) is 0 Å². The van der Waals surface area contributed by atoms with Gasteiger partial charge in [0.05, 0.1) is 11.4 Å². The van der Waals surface area contributed by atoms with Crippen LogP contribution in [0.4, 0.5) is 0 Å². The van der Waals surface area contributed by atoms with Crippen molar-refractivity contribution in [1.29, 1.82) is 0 Å². The van der Waals surface area contributed by atoms with Crippen LogP contribution in [0.3, 0.4) is 0 Å². The van der Waals surface area contributed by atoms with Crippen LogP contribution in [0, 0.1) is 6.92 Å². The molecule has 1 aliphatic rings. The number of aromatic nitrogens is 2. The zero-order valence-corrected chi connectivity index (χ0v) is 11.3. The molecule has 1 unspecified atom stereocenters. The third kappa shape index (κ3) is 1.38. The smallest absolute Gasteiger partial charge is 0.414 e. The van der Waals surface area contributed by atoms with Gasteiger partial charge in [-0.15, -0.1) is 0 Å². The first kappa shape index (κ1) is 11.5. The fraction of sp³-hybridized carbons (Fsp3) is 0.250. The summed E-state index contributed by atoms with van der Waals surface area (Å²) in [5, 5.41) is 4.88. The SMILES string of the molecule is COP1(=O)Oc2ccccc2-c2c1c(C)nn2C. The predicted molar refractivity (Wildman–Crippen MR) is 68.3 cm³/mol. The summed E-state index contributed by atoms with van der Waals surface area (Å²) in [6, 6.07) is 7.46. The van der Waals surface area contributed by atoms with Crippen molar-refractivity contribution < 1.29 is 13.6 Å². The van der Waals surface area contributed by atoms with Crippen molar-refractivity contribution in [3.63, 3.8) is 0 Å². The largest absolute Gasteiger partial charge is 0.420 e. The number of nitrogens with zero attached hydrogens (tertiary/aromatic N) is 2. The number of benzene rings is 1. The van der Waals surface area contributed by atoms with E-state index in [1.165, 1.54) is 7.11 Å². The first-order valence-electron chi connectivity index (χ1n) is 5.56. The van der Waals surface area contributed by atoms with Crippen LogP contribution in [0.25, 0.3) is 11.3 Å². The van der Waals surface area contributed by atoms with Gasteiger partial charge >= 0.3 is 7.60 Å². The van der Waals surface area contributed by atoms with Crippen LogP contribution in [0.15, 0.2) is 24.3 Å². The van der Waals surface area contributed by atoms with Crippen LogP contribution in [-0.4, -0.2) is 16.9 Å². The van der Waals surface area contributed by atoms with Crippen LogP contribution < -0.4 is 9.83 Å². The lowest BCUT2D eigenvalue weighted by Crippen LogP contribution is -2.19. The van der Waals surface area contributed by atoms with Gasteiger partial charge in [0.1, 0.15) is 11.1 Å². The highest BCUT2D eigenvalue weighted by Crippen LogP contribution is 2.55. The first-order chi connectivity index (χ1) is 8.57. The molecule has 0 amide bonds. The third-order valence-electron chi connectivity index (χ3n) is 3.07. The van der Waals surface area contributed by atoms with Crippen molar-refractivity contribution in [3.05, 3.63) is 30.0 Å². The standard InChI is InChI=1S/C12H13N2O3P/c1-8-12-11(14(2)13-8)9-6-4-5-7-10(9)17-18(12,15)16-3/h4-7H,1-3H3. The third-order valence-corrected chi connectivity index (χ3v) is 5.07. The van der Waals surface area contributed by atoms with Crippen LogP contribution in [-0.2, 0) is 16.1 Å². The van der Waals surface area contributed by atoms with Gasteiger partial charge in [-0.25, -0.2) is 4.57 Å². The maximum Gasteiger partial charge on any atom is 0.414 e. The quantitative estimate of drug-likeness (QED) is 0.741. The van der Waals surface area contributed by atoms with E-state index in [9.17, 15) is 4.57 Å². The maximum atomic E-state index is 12.7. The van der Waals surface area contributed by atoms with E-state index >= 15 is 0 Å². The maximum absolute atomic E-state index is 12.7. The van der Waals surface area contributed by atoms with Crippen LogP contribution >= 0.6 is 7.60 Å². The number of rotatable bonds is 1. The Kier molecular flexibility index (Phi) is 2.37. The average Bonchev–Trinajstić information content (AvgIpc) is 2.66. The van der Waals surface area contributed by atoms with Crippen LogP contribution in [0.2, 0.25) is 0 Å². The number of hydrogen-bond acceptors (Lipinski definition) is 4. The summed E-state index contributed by atoms with van der Waals surface area (Å²) in [5.41, 5.74) is 2.37. The molecule has 94 valence electrons. The van der Waals surface area contributed by atoms with Crippen molar-refractivity contribution in [2.75, 3.05) is 7.11 Å². The van der Waals surface area contributed by atoms with E-state index in [1.807, 2.05) is 32.2 Å². The highest BCUT2D eigenvalue weighted by Gasteiger charge is 2.41. The molecular weight excluding hydrogens is 251 g/mol. The minimum Gasteiger partial charge on any atom is -0.420 e. The highest BCUT2D eigenvalue weighted by molar-refractivity contribution is 7.63. The average molecular weight is 264 g/mol. The molecule has 1 aromatic heterocycles. The summed E-state index contributed by atoms with van der Waals surface area (Å²) in [6.45, 7) is 1.81. The molecule has 0 N–H and O–H groups in total. The Morgan fingerprint density at radius 1 is 1.39 bits per heavy atom. The number of aryl methyl sites for hydroxylation is 2. The summed E-state index contributed by atoms with van der Waals surface area (Å²) in [4.78, 5) is 0. The number of hydrogen-bond donors (Lipinski definition) is 0. The molecule has 18 heavy (non-hydrogen) atoms. The van der Waals surface area contributed by atoms with E-state index in [-0.39, 0.29) is 0 Å². The molecule has 0 spiro atoms. The molecule has 0 bridgehead atoms. The topological polar surface area (TPSA) is 53.4 Å². The second-order valence-corrected chi connectivity index (χ2v) is 6.16. The van der Waals surface area contributed by atoms with Gasteiger partial charge in [-0.3, -0.25) is 9.21 Å². The normalized spacial score (nSPS) is 21.1. The van der Waals surface area contributed by atoms with Gasteiger partial charge < -0.3 is 4.52 Å². The molecule has 0 saturated heterocycles. The Morgan fingerprint density at radius 2 is 2.11 bits per heavy atom. The Morgan fingerprint density at radius 3 is 2.83 bits per heavy atom. The summed E-state index contributed by atoms with van der Waals surface area (Å²) < 4.78 is 25.1. The molecule has 1 aliphatic heterocycles. The zero-order chi connectivity index (χ0) is 12.9. The second kappa shape index (κ2) is 3.70. The van der Waals surface area contributed by atoms with E-state index in [0.717, 1.165) is 11.3 Å². The minimum atomic E-state index is -3.32. The predicted octanol–water partition coefficient (Wildman–Crippen LogP) is 2.25. The molecule has 3 rings (SSSR count). The van der Waals surface area contributed by atoms with Crippen molar-refractivity contribution in [1.82, 2.24) is 9.78 Å². The summed E-state index contributed by atoms with van der Waals surface area (Å²) in [6.07, 6.45) is 0. The molecule has 0 saturated carbocycles. The Labute approximate surface area is 105 Å². The summed E-state index contributed by atoms with van der Waals surface area (Å²) >= 11 is 0. The van der Waals surface area contributed by atoms with Crippen molar-refractivity contribution >= 4 is 12.9 Å². The van der Waals surface area contributed by atoms with Crippen LogP contribution in [0.5, 0.6) is 5.75 Å². The molecule has 6 heteroatoms. The summed E-state index contributed by atoms with van der Waals surface area (Å²) in [5.74, 6) is 0.568. The lowest BCUT2D eigenvalue weighted by atomic mass is 10.1. The molecule has 0 radical (unpaired) electrons. The fourth-order valence-corrected chi connectivity index (χ4v) is 4.05. The van der Waals surface area contributed by atoms with E-state index in [4.69, 9.17) is 9.05 Å². The Hall–Kier alpha value is -1.58. The highest BCUT2D eigenvalue weighted by atomic mass is 31.2. The Balaban J connectivity index is 2.41. The van der Waals surface area contributed by atoms with Crippen molar-refractivity contribution in [3.8, 4) is 17.0 Å². The van der Waals surface area contributed by atoms with Gasteiger partial charge in [0.25, 0.3) is 0 Å². The fourth-order valence-electron chi connectivity index (χ4n) is 2.32. The molecule has 2 heterocycles. The van der Waals surface area contributed by atoms with E-state index in [2.05, 4.69) is 5.10 Å². The molecule has 0 fully saturated rings. The van der Waals surface area contributed by atoms with Gasteiger partial charge in [-0.05, 0) is 19.1 Å². The van der Waals surface area contributed by atoms with Crippen LogP contribution in [0.1, 0.15) is 5.69 Å². The first-order valence-corrected chi connectivity index (χ1v) is 7.10. The lowest BCUT2D eigenvalue weighted by Gasteiger charge is -2.25. The van der Waals surface area contributed by atoms with E-state index in [0.29, 0.717) is 16.7 Å². The summed E-state index contributed by atoms with van der Waals surface area (Å²) in [7, 11) is -0.0957. The van der Waals surface area contributed by atoms with Gasteiger partial charge in [-0.2, -0.15) is 5.10 Å². The monoisotopic (exact) mass is 264 g/mol. The van der Waals surface area contributed by atoms with Gasteiger partial charge in [-0.1, -0.05) is 12.1 Å². The zero-order valence-electron chi connectivity index (χ0n) is 10.4. The molecule has 2 aromatic rings. The van der Waals surface area contributed by atoms with Crippen molar-refractivity contribution in [2.45, 2.75) is 6.92 Å². The molecule has 0 aliphatic carbocycles. The van der Waals surface area contributed by atoms with Gasteiger partial charge in [0, 0.05) is 19.7 Å². The number of fused-ring (bicyclic) bond motifs is 3. The molecule has 1 aromatic carbocycles.